The van der Waals surface area contributed by atoms with Crippen LogP contribution in [0.3, 0.4) is 0 Å². The Labute approximate surface area is 160 Å². The molecular formula is C20H16ClN3O3. The SMILES string of the molecule is O=C1C[C@@H](c2ccc(Cl)cc2)c2cnn(Cc3ccc4c(c3)OCO4)c2N1. The Morgan fingerprint density at radius 1 is 1.15 bits per heavy atom. The molecule has 1 atom stereocenters. The fourth-order valence-corrected chi connectivity index (χ4v) is 3.72. The summed E-state index contributed by atoms with van der Waals surface area (Å²) >= 11 is 6.00. The summed E-state index contributed by atoms with van der Waals surface area (Å²) < 4.78 is 12.6. The first-order chi connectivity index (χ1) is 13.2. The molecule has 5 rings (SSSR count). The minimum absolute atomic E-state index is 0.0186. The maximum Gasteiger partial charge on any atom is 0.231 e. The minimum atomic E-state index is -0.0310. The molecule has 0 saturated carbocycles. The van der Waals surface area contributed by atoms with Crippen molar-refractivity contribution >= 4 is 23.3 Å². The number of rotatable bonds is 3. The third-order valence-electron chi connectivity index (χ3n) is 4.93. The number of carbonyl (C=O) groups is 1. The van der Waals surface area contributed by atoms with Gasteiger partial charge in [0, 0.05) is 22.9 Å². The number of ether oxygens (including phenoxy) is 2. The average molecular weight is 382 g/mol. The predicted octanol–water partition coefficient (Wildman–Crippen LogP) is 3.79. The summed E-state index contributed by atoms with van der Waals surface area (Å²) in [6.45, 7) is 0.772. The molecule has 0 radical (unpaired) electrons. The van der Waals surface area contributed by atoms with Crippen LogP contribution in [0.1, 0.15) is 29.0 Å². The second kappa shape index (κ2) is 6.32. The number of aromatic nitrogens is 2. The van der Waals surface area contributed by atoms with Gasteiger partial charge in [0.2, 0.25) is 12.7 Å². The van der Waals surface area contributed by atoms with Crippen molar-refractivity contribution < 1.29 is 14.3 Å². The summed E-state index contributed by atoms with van der Waals surface area (Å²) in [5.41, 5.74) is 3.09. The van der Waals surface area contributed by atoms with Crippen LogP contribution in [-0.4, -0.2) is 22.5 Å². The molecule has 1 aromatic heterocycles. The Balaban J connectivity index is 1.48. The Kier molecular flexibility index (Phi) is 3.79. The normalized spacial score (nSPS) is 17.5. The van der Waals surface area contributed by atoms with Crippen molar-refractivity contribution in [2.45, 2.75) is 18.9 Å². The van der Waals surface area contributed by atoms with E-state index in [-0.39, 0.29) is 18.6 Å². The van der Waals surface area contributed by atoms with Crippen molar-refractivity contribution in [1.29, 1.82) is 0 Å². The Bertz CT molecular complexity index is 1030. The van der Waals surface area contributed by atoms with Gasteiger partial charge in [0.05, 0.1) is 12.7 Å². The summed E-state index contributed by atoms with van der Waals surface area (Å²) in [5.74, 6) is 2.17. The van der Waals surface area contributed by atoms with Crippen molar-refractivity contribution in [3.8, 4) is 11.5 Å². The van der Waals surface area contributed by atoms with Crippen molar-refractivity contribution in [3.63, 3.8) is 0 Å². The highest BCUT2D eigenvalue weighted by Gasteiger charge is 2.30. The number of hydrogen-bond donors (Lipinski definition) is 1. The fourth-order valence-electron chi connectivity index (χ4n) is 3.59. The largest absolute Gasteiger partial charge is 0.454 e. The van der Waals surface area contributed by atoms with E-state index in [4.69, 9.17) is 21.1 Å². The molecule has 3 aromatic rings. The predicted molar refractivity (Wildman–Crippen MR) is 100 cm³/mol. The van der Waals surface area contributed by atoms with Gasteiger partial charge in [0.1, 0.15) is 5.82 Å². The summed E-state index contributed by atoms with van der Waals surface area (Å²) in [6.07, 6.45) is 2.23. The molecule has 7 heteroatoms. The number of halogens is 1. The van der Waals surface area contributed by atoms with E-state index in [9.17, 15) is 4.79 Å². The Morgan fingerprint density at radius 3 is 2.81 bits per heavy atom. The van der Waals surface area contributed by atoms with Crippen LogP contribution in [0.25, 0.3) is 0 Å². The number of nitrogens with one attached hydrogen (secondary N) is 1. The number of anilines is 1. The quantitative estimate of drug-likeness (QED) is 0.749. The van der Waals surface area contributed by atoms with E-state index in [1.807, 2.05) is 53.3 Å². The lowest BCUT2D eigenvalue weighted by atomic mass is 9.87. The van der Waals surface area contributed by atoms with Gasteiger partial charge >= 0.3 is 0 Å². The maximum absolute atomic E-state index is 12.3. The number of nitrogens with zero attached hydrogens (tertiary/aromatic N) is 2. The number of amides is 1. The van der Waals surface area contributed by atoms with Crippen LogP contribution in [0.15, 0.2) is 48.7 Å². The molecule has 3 heterocycles. The van der Waals surface area contributed by atoms with Gasteiger partial charge in [-0.2, -0.15) is 5.10 Å². The molecule has 0 saturated heterocycles. The van der Waals surface area contributed by atoms with Crippen LogP contribution in [0.4, 0.5) is 5.82 Å². The molecule has 2 aromatic carbocycles. The van der Waals surface area contributed by atoms with Crippen LogP contribution in [0.5, 0.6) is 11.5 Å². The molecule has 1 N–H and O–H groups in total. The second-order valence-corrected chi connectivity index (χ2v) is 7.09. The zero-order valence-corrected chi connectivity index (χ0v) is 15.1. The third kappa shape index (κ3) is 2.92. The molecule has 27 heavy (non-hydrogen) atoms. The first-order valence-corrected chi connectivity index (χ1v) is 9.05. The smallest absolute Gasteiger partial charge is 0.231 e. The zero-order chi connectivity index (χ0) is 18.4. The standard InChI is InChI=1S/C20H16ClN3O3/c21-14-4-2-13(3-5-14)15-8-19(25)23-20-16(15)9-22-24(20)10-12-1-6-17-18(7-12)27-11-26-17/h1-7,9,15H,8,10-11H2,(H,23,25)/t15-/m0/s1. The molecule has 0 aliphatic carbocycles. The van der Waals surface area contributed by atoms with E-state index in [1.54, 1.807) is 0 Å². The van der Waals surface area contributed by atoms with Crippen molar-refractivity contribution in [1.82, 2.24) is 9.78 Å². The summed E-state index contributed by atoms with van der Waals surface area (Å²) in [5, 5.41) is 8.17. The molecule has 1 amide bonds. The molecule has 0 unspecified atom stereocenters. The molecule has 2 aliphatic heterocycles. The molecule has 6 nitrogen and oxygen atoms in total. The van der Waals surface area contributed by atoms with E-state index in [0.717, 1.165) is 34.0 Å². The van der Waals surface area contributed by atoms with Crippen LogP contribution in [-0.2, 0) is 11.3 Å². The monoisotopic (exact) mass is 381 g/mol. The van der Waals surface area contributed by atoms with E-state index in [2.05, 4.69) is 10.4 Å². The molecule has 0 bridgehead atoms. The van der Waals surface area contributed by atoms with Crippen molar-refractivity contribution in [2.24, 2.45) is 0 Å². The van der Waals surface area contributed by atoms with Gasteiger partial charge in [-0.25, -0.2) is 4.68 Å². The first-order valence-electron chi connectivity index (χ1n) is 8.67. The Morgan fingerprint density at radius 2 is 1.96 bits per heavy atom. The summed E-state index contributed by atoms with van der Waals surface area (Å²) in [7, 11) is 0. The summed E-state index contributed by atoms with van der Waals surface area (Å²) in [4.78, 5) is 12.3. The van der Waals surface area contributed by atoms with Crippen LogP contribution < -0.4 is 14.8 Å². The minimum Gasteiger partial charge on any atom is -0.454 e. The van der Waals surface area contributed by atoms with Crippen molar-refractivity contribution in [2.75, 3.05) is 12.1 Å². The van der Waals surface area contributed by atoms with Gasteiger partial charge in [-0.05, 0) is 35.4 Å². The van der Waals surface area contributed by atoms with Crippen molar-refractivity contribution in [3.05, 3.63) is 70.4 Å². The van der Waals surface area contributed by atoms with Gasteiger partial charge < -0.3 is 14.8 Å². The molecule has 0 fully saturated rings. The first kappa shape index (κ1) is 16.2. The molecule has 0 spiro atoms. The second-order valence-electron chi connectivity index (χ2n) is 6.65. The molecule has 2 aliphatic rings. The lowest BCUT2D eigenvalue weighted by Crippen LogP contribution is -2.25. The highest BCUT2D eigenvalue weighted by atomic mass is 35.5. The lowest BCUT2D eigenvalue weighted by Gasteiger charge is -2.24. The van der Waals surface area contributed by atoms with Crippen LogP contribution in [0, 0.1) is 0 Å². The third-order valence-corrected chi connectivity index (χ3v) is 5.18. The van der Waals surface area contributed by atoms with Gasteiger partial charge in [-0.3, -0.25) is 4.79 Å². The highest BCUT2D eigenvalue weighted by molar-refractivity contribution is 6.30. The van der Waals surface area contributed by atoms with Gasteiger partial charge in [-0.1, -0.05) is 29.8 Å². The van der Waals surface area contributed by atoms with E-state index in [0.29, 0.717) is 18.0 Å². The lowest BCUT2D eigenvalue weighted by molar-refractivity contribution is -0.116. The van der Waals surface area contributed by atoms with Gasteiger partial charge in [-0.15, -0.1) is 0 Å². The Hall–Kier alpha value is -2.99. The van der Waals surface area contributed by atoms with Gasteiger partial charge in [0.25, 0.3) is 0 Å². The molecular weight excluding hydrogens is 366 g/mol. The summed E-state index contributed by atoms with van der Waals surface area (Å²) in [6, 6.07) is 13.4. The fraction of sp³-hybridized carbons (Fsp3) is 0.200. The number of carbonyl (C=O) groups excluding carboxylic acids is 1. The van der Waals surface area contributed by atoms with Crippen LogP contribution >= 0.6 is 11.6 Å². The van der Waals surface area contributed by atoms with Crippen LogP contribution in [0.2, 0.25) is 5.02 Å². The van der Waals surface area contributed by atoms with E-state index < -0.39 is 0 Å². The average Bonchev–Trinajstić information content (AvgIpc) is 3.29. The van der Waals surface area contributed by atoms with E-state index in [1.165, 1.54) is 0 Å². The molecule has 136 valence electrons. The maximum atomic E-state index is 12.3. The zero-order valence-electron chi connectivity index (χ0n) is 14.3. The number of benzene rings is 2. The topological polar surface area (TPSA) is 65.4 Å². The number of hydrogen-bond acceptors (Lipinski definition) is 4. The highest BCUT2D eigenvalue weighted by Crippen LogP contribution is 2.38. The van der Waals surface area contributed by atoms with Gasteiger partial charge in [0.15, 0.2) is 11.5 Å². The number of fused-ring (bicyclic) bond motifs is 2. The van der Waals surface area contributed by atoms with E-state index >= 15 is 0 Å².